The summed E-state index contributed by atoms with van der Waals surface area (Å²) < 4.78 is 21.5. The third kappa shape index (κ3) is 5.35. The molecular weight excluding hydrogens is 521 g/mol. The first-order valence-corrected chi connectivity index (χ1v) is 11.9. The molecule has 5 rings (SSSR count). The zero-order valence-electron chi connectivity index (χ0n) is 19.0. The number of pyridine rings is 1. The smallest absolute Gasteiger partial charge is 0.450 e. The van der Waals surface area contributed by atoms with Gasteiger partial charge in [-0.3, -0.25) is 4.98 Å². The maximum atomic E-state index is 13.7. The van der Waals surface area contributed by atoms with Gasteiger partial charge in [-0.25, -0.2) is 14.2 Å². The Kier molecular flexibility index (Phi) is 7.46. The van der Waals surface area contributed by atoms with Gasteiger partial charge in [0.25, 0.3) is 0 Å². The molecule has 4 aromatic rings. The van der Waals surface area contributed by atoms with Gasteiger partial charge in [-0.1, -0.05) is 0 Å². The molecule has 1 aliphatic rings. The minimum atomic E-state index is -1.83. The van der Waals surface area contributed by atoms with Crippen LogP contribution in [0.2, 0.25) is 0 Å². The Balaban J connectivity index is 0.000000672. The van der Waals surface area contributed by atoms with Crippen LogP contribution in [-0.2, 0) is 4.74 Å². The summed E-state index contributed by atoms with van der Waals surface area (Å²) in [7, 11) is 1.76. The Hall–Kier alpha value is -3.31. The zero-order chi connectivity index (χ0) is 25.1. The molecule has 1 aromatic carbocycles. The maximum Gasteiger partial charge on any atom is 0.503 e. The van der Waals surface area contributed by atoms with E-state index in [1.165, 1.54) is 12.1 Å². The predicted octanol–water partition coefficient (Wildman–Crippen LogP) is 5.57. The molecule has 0 spiro atoms. The molecule has 11 heteroatoms. The molecule has 35 heavy (non-hydrogen) atoms. The van der Waals surface area contributed by atoms with Gasteiger partial charge in [-0.15, -0.1) is 0 Å². The van der Waals surface area contributed by atoms with Gasteiger partial charge >= 0.3 is 6.16 Å². The number of carbonyl (C=O) groups is 1. The van der Waals surface area contributed by atoms with Gasteiger partial charge < -0.3 is 20.7 Å². The van der Waals surface area contributed by atoms with Crippen molar-refractivity contribution in [2.24, 2.45) is 5.92 Å². The van der Waals surface area contributed by atoms with Gasteiger partial charge in [0.05, 0.1) is 21.9 Å². The third-order valence-corrected chi connectivity index (χ3v) is 7.05. The number of carboxylic acid groups (broad SMARTS) is 2. The van der Waals surface area contributed by atoms with E-state index in [0.717, 1.165) is 64.5 Å². The number of ether oxygens (including phenoxy) is 1. The van der Waals surface area contributed by atoms with E-state index in [9.17, 15) is 4.39 Å². The van der Waals surface area contributed by atoms with Crippen molar-refractivity contribution >= 4 is 44.5 Å². The lowest BCUT2D eigenvalue weighted by Gasteiger charge is -2.28. The topological polar surface area (TPSA) is 136 Å². The minimum Gasteiger partial charge on any atom is -0.450 e. The Morgan fingerprint density at radius 3 is 2.63 bits per heavy atom. The van der Waals surface area contributed by atoms with Gasteiger partial charge in [0.15, 0.2) is 5.65 Å². The molecule has 1 fully saturated rings. The molecule has 0 aliphatic heterocycles. The molecule has 0 amide bonds. The predicted molar refractivity (Wildman–Crippen MR) is 133 cm³/mol. The van der Waals surface area contributed by atoms with Crippen LogP contribution in [0.3, 0.4) is 0 Å². The molecule has 0 radical (unpaired) electrons. The molecule has 0 saturated heterocycles. The number of hydrogen-bond donors (Lipinski definition) is 3. The van der Waals surface area contributed by atoms with Gasteiger partial charge in [-0.2, -0.15) is 9.61 Å². The van der Waals surface area contributed by atoms with Crippen LogP contribution in [0, 0.1) is 11.7 Å². The average molecular weight is 546 g/mol. The number of anilines is 1. The Bertz CT molecular complexity index is 1370. The number of rotatable bonds is 4. The monoisotopic (exact) mass is 545 g/mol. The van der Waals surface area contributed by atoms with Crippen LogP contribution in [-0.4, -0.2) is 49.7 Å². The number of nitrogen functional groups attached to an aromatic ring is 1. The lowest BCUT2D eigenvalue weighted by Crippen LogP contribution is -2.19. The van der Waals surface area contributed by atoms with Crippen LogP contribution >= 0.6 is 15.9 Å². The van der Waals surface area contributed by atoms with Crippen molar-refractivity contribution in [1.29, 1.82) is 0 Å². The molecule has 0 unspecified atom stereocenters. The van der Waals surface area contributed by atoms with E-state index >= 15 is 0 Å². The second kappa shape index (κ2) is 10.5. The number of fused-ring (bicyclic) bond motifs is 2. The van der Waals surface area contributed by atoms with Crippen molar-refractivity contribution in [2.75, 3.05) is 19.5 Å². The first-order valence-electron chi connectivity index (χ1n) is 11.1. The van der Waals surface area contributed by atoms with Gasteiger partial charge in [0.1, 0.15) is 11.6 Å². The highest BCUT2D eigenvalue weighted by molar-refractivity contribution is 9.10. The van der Waals surface area contributed by atoms with E-state index in [4.69, 9.17) is 30.5 Å². The van der Waals surface area contributed by atoms with E-state index in [1.54, 1.807) is 30.1 Å². The van der Waals surface area contributed by atoms with E-state index in [-0.39, 0.29) is 5.82 Å². The lowest BCUT2D eigenvalue weighted by atomic mass is 9.80. The summed E-state index contributed by atoms with van der Waals surface area (Å²) in [5.41, 5.74) is 10.5. The summed E-state index contributed by atoms with van der Waals surface area (Å²) in [6, 6.07) is 6.49. The van der Waals surface area contributed by atoms with Crippen molar-refractivity contribution in [1.82, 2.24) is 19.6 Å². The molecule has 9 nitrogen and oxygen atoms in total. The highest BCUT2D eigenvalue weighted by Gasteiger charge is 2.27. The molecule has 3 heterocycles. The fraction of sp³-hybridized carbons (Fsp3) is 0.333. The Morgan fingerprint density at radius 2 is 1.94 bits per heavy atom. The van der Waals surface area contributed by atoms with Crippen molar-refractivity contribution in [2.45, 2.75) is 31.6 Å². The van der Waals surface area contributed by atoms with E-state index in [0.29, 0.717) is 23.3 Å². The van der Waals surface area contributed by atoms with E-state index < -0.39 is 6.16 Å². The Labute approximate surface area is 208 Å². The summed E-state index contributed by atoms with van der Waals surface area (Å²) in [5, 5.41) is 19.1. The first kappa shape index (κ1) is 24.8. The quantitative estimate of drug-likeness (QED) is 0.302. The summed E-state index contributed by atoms with van der Waals surface area (Å²) >= 11 is 3.66. The van der Waals surface area contributed by atoms with Crippen LogP contribution < -0.4 is 5.73 Å². The summed E-state index contributed by atoms with van der Waals surface area (Å²) in [6.07, 6.45) is 6.01. The van der Waals surface area contributed by atoms with E-state index in [1.807, 2.05) is 6.07 Å². The van der Waals surface area contributed by atoms with Gasteiger partial charge in [0.2, 0.25) is 0 Å². The second-order valence-corrected chi connectivity index (χ2v) is 9.30. The molecule has 4 N–H and O–H groups in total. The van der Waals surface area contributed by atoms with Gasteiger partial charge in [-0.05, 0) is 71.8 Å². The fourth-order valence-electron chi connectivity index (χ4n) is 4.58. The number of benzene rings is 1. The fourth-order valence-corrected chi connectivity index (χ4v) is 5.16. The number of nitrogens with zero attached hydrogens (tertiary/aromatic N) is 4. The minimum absolute atomic E-state index is 0.288. The van der Waals surface area contributed by atoms with Crippen molar-refractivity contribution < 1.29 is 24.1 Å². The zero-order valence-corrected chi connectivity index (χ0v) is 20.6. The number of methoxy groups -OCH3 is 1. The first-order chi connectivity index (χ1) is 16.8. The van der Waals surface area contributed by atoms with Crippen molar-refractivity contribution in [3.63, 3.8) is 0 Å². The molecule has 0 atom stereocenters. The molecule has 3 aromatic heterocycles. The SMILES string of the molecule is COC[C@H]1CC[C@H](c2nc3c(-c4cnc5ccc(F)cc5c4)cnn3c(N)c2Br)CC1.O=C(O)O. The second-order valence-electron chi connectivity index (χ2n) is 8.51. The molecule has 184 valence electrons. The molecule has 1 saturated carbocycles. The molecule has 0 bridgehead atoms. The van der Waals surface area contributed by atoms with Crippen molar-refractivity contribution in [3.05, 3.63) is 52.6 Å². The number of nitrogens with two attached hydrogens (primary N) is 1. The Morgan fingerprint density at radius 1 is 1.23 bits per heavy atom. The number of halogens is 2. The van der Waals surface area contributed by atoms with Crippen LogP contribution in [0.5, 0.6) is 0 Å². The largest absolute Gasteiger partial charge is 0.503 e. The third-order valence-electron chi connectivity index (χ3n) is 6.24. The average Bonchev–Trinajstić information content (AvgIpc) is 3.25. The highest BCUT2D eigenvalue weighted by atomic mass is 79.9. The lowest BCUT2D eigenvalue weighted by molar-refractivity contribution is 0.127. The van der Waals surface area contributed by atoms with Crippen molar-refractivity contribution in [3.8, 4) is 11.1 Å². The molecular formula is C24H25BrFN5O4. The highest BCUT2D eigenvalue weighted by Crippen LogP contribution is 2.40. The normalized spacial score (nSPS) is 17.8. The number of hydrogen-bond acceptors (Lipinski definition) is 6. The van der Waals surface area contributed by atoms with Crippen LogP contribution in [0.1, 0.15) is 37.3 Å². The van der Waals surface area contributed by atoms with Crippen LogP contribution in [0.4, 0.5) is 15.0 Å². The molecule has 1 aliphatic carbocycles. The van der Waals surface area contributed by atoms with Gasteiger partial charge in [0, 0.05) is 42.3 Å². The number of aromatic nitrogens is 4. The van der Waals surface area contributed by atoms with Crippen LogP contribution in [0.25, 0.3) is 27.7 Å². The summed E-state index contributed by atoms with van der Waals surface area (Å²) in [4.78, 5) is 18.0. The van der Waals surface area contributed by atoms with E-state index in [2.05, 4.69) is 26.0 Å². The summed E-state index contributed by atoms with van der Waals surface area (Å²) in [5.74, 6) is 1.19. The summed E-state index contributed by atoms with van der Waals surface area (Å²) in [6.45, 7) is 0.810. The van der Waals surface area contributed by atoms with Crippen LogP contribution in [0.15, 0.2) is 41.1 Å². The standard InChI is InChI=1S/C23H23BrFN5O.CH2O3/c1-31-12-13-2-4-14(5-3-13)21-20(24)22(26)30-23(29-21)18(11-28-30)16-8-15-9-17(25)6-7-19(15)27-10-16;2-1(3)4/h6-11,13-14H,2-5,12,26H2,1H3;(H2,2,3,4)/t13-,14-;. The maximum absolute atomic E-state index is 13.7.